The Hall–Kier alpha value is -2.63. The molecule has 1 atom stereocenters. The first-order chi connectivity index (χ1) is 12.1. The smallest absolute Gasteiger partial charge is 0.326 e. The van der Waals surface area contributed by atoms with E-state index in [9.17, 15) is 14.7 Å². The van der Waals surface area contributed by atoms with Crippen LogP contribution in [0.25, 0.3) is 5.69 Å². The van der Waals surface area contributed by atoms with Crippen LogP contribution in [0.5, 0.6) is 0 Å². The van der Waals surface area contributed by atoms with Gasteiger partial charge in [0.25, 0.3) is 5.91 Å². The van der Waals surface area contributed by atoms with E-state index in [0.29, 0.717) is 18.7 Å². The fourth-order valence-electron chi connectivity index (χ4n) is 4.01. The summed E-state index contributed by atoms with van der Waals surface area (Å²) < 4.78 is 1.89. The van der Waals surface area contributed by atoms with E-state index in [0.717, 1.165) is 48.2 Å². The number of hydrogen-bond donors (Lipinski definition) is 1. The van der Waals surface area contributed by atoms with Gasteiger partial charge in [0.05, 0.1) is 5.69 Å². The number of likely N-dealkylation sites (tertiary alicyclic amines) is 1. The SMILES string of the molecule is Cc1ccccc1-n1nc(C(=O)N2CCCC2C(=O)O)c2c1CCC2. The Kier molecular flexibility index (Phi) is 3.82. The lowest BCUT2D eigenvalue weighted by molar-refractivity contribution is -0.141. The highest BCUT2D eigenvalue weighted by Crippen LogP contribution is 2.31. The third kappa shape index (κ3) is 2.52. The van der Waals surface area contributed by atoms with Gasteiger partial charge < -0.3 is 10.0 Å². The molecule has 6 nitrogen and oxygen atoms in total. The van der Waals surface area contributed by atoms with Gasteiger partial charge in [-0.05, 0) is 50.7 Å². The summed E-state index contributed by atoms with van der Waals surface area (Å²) >= 11 is 0. The Balaban J connectivity index is 1.77. The number of hydrogen-bond acceptors (Lipinski definition) is 3. The van der Waals surface area contributed by atoms with Gasteiger partial charge in [0.15, 0.2) is 5.69 Å². The molecule has 1 N–H and O–H groups in total. The van der Waals surface area contributed by atoms with Crippen LogP contribution in [0.3, 0.4) is 0 Å². The highest BCUT2D eigenvalue weighted by atomic mass is 16.4. The molecule has 1 aliphatic heterocycles. The van der Waals surface area contributed by atoms with Gasteiger partial charge in [0.2, 0.25) is 0 Å². The minimum atomic E-state index is -0.930. The quantitative estimate of drug-likeness (QED) is 0.931. The second-order valence-electron chi connectivity index (χ2n) is 6.82. The Labute approximate surface area is 146 Å². The van der Waals surface area contributed by atoms with Gasteiger partial charge in [-0.3, -0.25) is 4.79 Å². The number of carbonyl (C=O) groups is 2. The van der Waals surface area contributed by atoms with E-state index in [4.69, 9.17) is 0 Å². The predicted molar refractivity (Wildman–Crippen MR) is 92.0 cm³/mol. The zero-order valence-electron chi connectivity index (χ0n) is 14.2. The zero-order chi connectivity index (χ0) is 17.6. The highest BCUT2D eigenvalue weighted by Gasteiger charge is 2.38. The maximum Gasteiger partial charge on any atom is 0.326 e. The summed E-state index contributed by atoms with van der Waals surface area (Å²) in [4.78, 5) is 25.9. The van der Waals surface area contributed by atoms with Crippen LogP contribution in [0.2, 0.25) is 0 Å². The number of benzene rings is 1. The fourth-order valence-corrected chi connectivity index (χ4v) is 4.01. The van der Waals surface area contributed by atoms with Gasteiger partial charge in [-0.2, -0.15) is 5.10 Å². The summed E-state index contributed by atoms with van der Waals surface area (Å²) in [5, 5.41) is 14.0. The molecule has 1 amide bonds. The molecule has 2 heterocycles. The Morgan fingerprint density at radius 2 is 2.00 bits per heavy atom. The Morgan fingerprint density at radius 3 is 2.76 bits per heavy atom. The van der Waals surface area contributed by atoms with Crippen LogP contribution in [-0.4, -0.2) is 44.3 Å². The molecule has 130 valence electrons. The van der Waals surface area contributed by atoms with Crippen molar-refractivity contribution in [1.29, 1.82) is 0 Å². The number of aromatic nitrogens is 2. The van der Waals surface area contributed by atoms with Gasteiger partial charge in [-0.15, -0.1) is 0 Å². The van der Waals surface area contributed by atoms with Crippen molar-refractivity contribution < 1.29 is 14.7 Å². The van der Waals surface area contributed by atoms with Gasteiger partial charge in [0.1, 0.15) is 6.04 Å². The van der Waals surface area contributed by atoms with Crippen molar-refractivity contribution in [3.05, 3.63) is 46.8 Å². The van der Waals surface area contributed by atoms with E-state index in [2.05, 4.69) is 5.10 Å². The summed E-state index contributed by atoms with van der Waals surface area (Å²) in [6, 6.07) is 7.25. The maximum absolute atomic E-state index is 13.0. The average Bonchev–Trinajstić information content (AvgIpc) is 3.31. The van der Waals surface area contributed by atoms with Gasteiger partial charge in [-0.1, -0.05) is 18.2 Å². The second kappa shape index (κ2) is 6.02. The van der Waals surface area contributed by atoms with Crippen LogP contribution in [0, 0.1) is 6.92 Å². The number of nitrogens with zero attached hydrogens (tertiary/aromatic N) is 3. The van der Waals surface area contributed by atoms with Crippen molar-refractivity contribution in [3.63, 3.8) is 0 Å². The fraction of sp³-hybridized carbons (Fsp3) is 0.421. The summed E-state index contributed by atoms with van der Waals surface area (Å²) in [6.45, 7) is 2.52. The third-order valence-electron chi connectivity index (χ3n) is 5.28. The van der Waals surface area contributed by atoms with E-state index in [-0.39, 0.29) is 5.91 Å². The minimum absolute atomic E-state index is 0.240. The third-order valence-corrected chi connectivity index (χ3v) is 5.28. The topological polar surface area (TPSA) is 75.4 Å². The van der Waals surface area contributed by atoms with E-state index < -0.39 is 12.0 Å². The number of fused-ring (bicyclic) bond motifs is 1. The lowest BCUT2D eigenvalue weighted by Crippen LogP contribution is -2.40. The highest BCUT2D eigenvalue weighted by molar-refractivity contribution is 5.97. The molecule has 4 rings (SSSR count). The Morgan fingerprint density at radius 1 is 1.20 bits per heavy atom. The van der Waals surface area contributed by atoms with Crippen LogP contribution in [-0.2, 0) is 17.6 Å². The molecule has 1 unspecified atom stereocenters. The largest absolute Gasteiger partial charge is 0.480 e. The van der Waals surface area contributed by atoms with E-state index in [1.165, 1.54) is 4.90 Å². The maximum atomic E-state index is 13.0. The molecular formula is C19H21N3O3. The average molecular weight is 339 g/mol. The Bertz CT molecular complexity index is 856. The molecule has 2 aliphatic rings. The normalized spacial score (nSPS) is 19.2. The molecule has 2 aromatic rings. The number of carboxylic acids is 1. The van der Waals surface area contributed by atoms with E-state index in [1.54, 1.807) is 0 Å². The molecule has 1 fully saturated rings. The number of rotatable bonds is 3. The van der Waals surface area contributed by atoms with Crippen molar-refractivity contribution in [2.75, 3.05) is 6.54 Å². The summed E-state index contributed by atoms with van der Waals surface area (Å²) in [7, 11) is 0. The number of carbonyl (C=O) groups excluding carboxylic acids is 1. The summed E-state index contributed by atoms with van der Waals surface area (Å²) in [5.41, 5.74) is 4.59. The van der Waals surface area contributed by atoms with Gasteiger partial charge in [-0.25, -0.2) is 9.48 Å². The molecule has 1 aliphatic carbocycles. The number of aryl methyl sites for hydroxylation is 1. The molecule has 1 saturated heterocycles. The molecule has 0 spiro atoms. The first kappa shape index (κ1) is 15.9. The molecule has 1 aromatic heterocycles. The number of amides is 1. The second-order valence-corrected chi connectivity index (χ2v) is 6.82. The monoisotopic (exact) mass is 339 g/mol. The lowest BCUT2D eigenvalue weighted by Gasteiger charge is -2.20. The van der Waals surface area contributed by atoms with Crippen molar-refractivity contribution >= 4 is 11.9 Å². The van der Waals surface area contributed by atoms with Crippen molar-refractivity contribution in [2.45, 2.75) is 45.1 Å². The zero-order valence-corrected chi connectivity index (χ0v) is 14.2. The lowest BCUT2D eigenvalue weighted by atomic mass is 10.1. The number of aliphatic carboxylic acids is 1. The van der Waals surface area contributed by atoms with E-state index >= 15 is 0 Å². The van der Waals surface area contributed by atoms with Crippen LogP contribution in [0.4, 0.5) is 0 Å². The first-order valence-corrected chi connectivity index (χ1v) is 8.78. The summed E-state index contributed by atoms with van der Waals surface area (Å²) in [5.74, 6) is -1.17. The molecule has 25 heavy (non-hydrogen) atoms. The molecule has 1 aromatic carbocycles. The molecular weight excluding hydrogens is 318 g/mol. The minimum Gasteiger partial charge on any atom is -0.480 e. The van der Waals surface area contributed by atoms with E-state index in [1.807, 2.05) is 35.9 Å². The standard InChI is InChI=1S/C19H21N3O3/c1-12-6-2-3-8-14(12)22-15-9-4-7-13(15)17(20-22)18(23)21-11-5-10-16(21)19(24)25/h2-3,6,8,16H,4-5,7,9-11H2,1H3,(H,24,25). The van der Waals surface area contributed by atoms with Crippen LogP contribution in [0.1, 0.15) is 46.6 Å². The van der Waals surface area contributed by atoms with Crippen molar-refractivity contribution in [1.82, 2.24) is 14.7 Å². The van der Waals surface area contributed by atoms with Crippen LogP contribution >= 0.6 is 0 Å². The van der Waals surface area contributed by atoms with Crippen molar-refractivity contribution in [3.8, 4) is 5.69 Å². The van der Waals surface area contributed by atoms with Crippen molar-refractivity contribution in [2.24, 2.45) is 0 Å². The van der Waals surface area contributed by atoms with Crippen LogP contribution < -0.4 is 0 Å². The molecule has 0 saturated carbocycles. The van der Waals surface area contributed by atoms with Gasteiger partial charge in [0, 0.05) is 17.8 Å². The first-order valence-electron chi connectivity index (χ1n) is 8.78. The number of para-hydroxylation sites is 1. The molecule has 0 radical (unpaired) electrons. The molecule has 0 bridgehead atoms. The van der Waals surface area contributed by atoms with Gasteiger partial charge >= 0.3 is 5.97 Å². The molecule has 6 heteroatoms. The summed E-state index contributed by atoms with van der Waals surface area (Å²) in [6.07, 6.45) is 3.97. The van der Waals surface area contributed by atoms with Crippen LogP contribution in [0.15, 0.2) is 24.3 Å². The number of carboxylic acid groups (broad SMARTS) is 1. The predicted octanol–water partition coefficient (Wildman–Crippen LogP) is 2.36.